The van der Waals surface area contributed by atoms with Gasteiger partial charge in [-0.1, -0.05) is 48.6 Å². The van der Waals surface area contributed by atoms with Gasteiger partial charge >= 0.3 is 0 Å². The Hall–Kier alpha value is -3.52. The van der Waals surface area contributed by atoms with E-state index < -0.39 is 5.91 Å². The van der Waals surface area contributed by atoms with Crippen molar-refractivity contribution in [1.29, 1.82) is 5.26 Å². The molecule has 2 rings (SSSR count). The number of nitriles is 1. The first kappa shape index (κ1) is 16.8. The summed E-state index contributed by atoms with van der Waals surface area (Å²) in [7, 11) is 0. The summed E-state index contributed by atoms with van der Waals surface area (Å²) in [6.45, 7) is 0.342. The lowest BCUT2D eigenvalue weighted by atomic mass is 10.1. The lowest BCUT2D eigenvalue weighted by molar-refractivity contribution is -0.117. The summed E-state index contributed by atoms with van der Waals surface area (Å²) in [5.74, 6) is -0.900. The number of hydrogen-bond donors (Lipinski definition) is 3. The zero-order chi connectivity index (χ0) is 17.4. The summed E-state index contributed by atoms with van der Waals surface area (Å²) in [5.41, 5.74) is 1.55. The van der Waals surface area contributed by atoms with Crippen molar-refractivity contribution >= 4 is 12.0 Å². The highest BCUT2D eigenvalue weighted by atomic mass is 16.3. The first-order valence-corrected chi connectivity index (χ1v) is 7.22. The van der Waals surface area contributed by atoms with E-state index in [0.717, 1.165) is 5.56 Å². The molecule has 3 N–H and O–H groups in total. The van der Waals surface area contributed by atoms with E-state index in [2.05, 4.69) is 5.32 Å². The van der Waals surface area contributed by atoms with Gasteiger partial charge in [0.1, 0.15) is 11.6 Å². The van der Waals surface area contributed by atoms with E-state index in [4.69, 9.17) is 5.26 Å². The van der Waals surface area contributed by atoms with Crippen LogP contribution in [0, 0.1) is 11.3 Å². The van der Waals surface area contributed by atoms with Crippen LogP contribution >= 0.6 is 0 Å². The van der Waals surface area contributed by atoms with Crippen LogP contribution in [0.1, 0.15) is 11.1 Å². The van der Waals surface area contributed by atoms with E-state index >= 15 is 0 Å². The van der Waals surface area contributed by atoms with Gasteiger partial charge in [0.25, 0.3) is 5.91 Å². The van der Waals surface area contributed by atoms with Gasteiger partial charge in [-0.2, -0.15) is 5.26 Å². The number of carbonyl (C=O) groups excluding carboxylic acids is 1. The van der Waals surface area contributed by atoms with Crippen LogP contribution in [0.5, 0.6) is 11.5 Å². The molecule has 1 amide bonds. The number of phenolic OH excluding ortho intramolecular Hbond substituents is 2. The summed E-state index contributed by atoms with van der Waals surface area (Å²) in [5, 5.41) is 30.4. The monoisotopic (exact) mass is 320 g/mol. The largest absolute Gasteiger partial charge is 0.504 e. The molecule has 0 spiro atoms. The molecule has 0 unspecified atom stereocenters. The normalized spacial score (nSPS) is 11.2. The third-order valence-electron chi connectivity index (χ3n) is 3.21. The van der Waals surface area contributed by atoms with E-state index in [-0.39, 0.29) is 17.1 Å². The van der Waals surface area contributed by atoms with Crippen LogP contribution in [0.15, 0.2) is 66.3 Å². The fourth-order valence-electron chi connectivity index (χ4n) is 1.94. The van der Waals surface area contributed by atoms with Gasteiger partial charge in [0.2, 0.25) is 0 Å². The third kappa shape index (κ3) is 4.75. The fraction of sp³-hybridized carbons (Fsp3) is 0.0526. The number of hydrogen-bond acceptors (Lipinski definition) is 4. The Morgan fingerprint density at radius 3 is 2.54 bits per heavy atom. The van der Waals surface area contributed by atoms with Crippen molar-refractivity contribution in [3.8, 4) is 17.6 Å². The molecule has 5 nitrogen and oxygen atoms in total. The molecule has 0 aromatic heterocycles. The minimum absolute atomic E-state index is 0.0230. The predicted molar refractivity (Wildman–Crippen MR) is 90.8 cm³/mol. The Labute approximate surface area is 139 Å². The average molecular weight is 320 g/mol. The number of rotatable bonds is 5. The maximum absolute atomic E-state index is 12.0. The van der Waals surface area contributed by atoms with Gasteiger partial charge in [-0.3, -0.25) is 4.79 Å². The van der Waals surface area contributed by atoms with Crippen LogP contribution in [0.2, 0.25) is 0 Å². The highest BCUT2D eigenvalue weighted by Gasteiger charge is 2.07. The van der Waals surface area contributed by atoms with Crippen molar-refractivity contribution in [3.05, 3.63) is 77.4 Å². The molecule has 120 valence electrons. The van der Waals surface area contributed by atoms with Crippen molar-refractivity contribution in [2.24, 2.45) is 0 Å². The van der Waals surface area contributed by atoms with E-state index in [1.807, 2.05) is 36.4 Å². The topological polar surface area (TPSA) is 93.3 Å². The second-order valence-corrected chi connectivity index (χ2v) is 4.97. The first-order valence-electron chi connectivity index (χ1n) is 7.22. The van der Waals surface area contributed by atoms with E-state index in [1.54, 1.807) is 12.1 Å². The maximum atomic E-state index is 12.0. The van der Waals surface area contributed by atoms with Crippen LogP contribution in [-0.2, 0) is 11.3 Å². The van der Waals surface area contributed by atoms with Crippen molar-refractivity contribution in [2.45, 2.75) is 6.54 Å². The highest BCUT2D eigenvalue weighted by Crippen LogP contribution is 2.25. The molecular formula is C19H16N2O3. The lowest BCUT2D eigenvalue weighted by Gasteiger charge is -2.03. The van der Waals surface area contributed by atoms with E-state index in [1.165, 1.54) is 24.3 Å². The molecule has 0 saturated carbocycles. The third-order valence-corrected chi connectivity index (χ3v) is 3.21. The summed E-state index contributed by atoms with van der Waals surface area (Å²) in [6.07, 6.45) is 4.54. The molecule has 0 atom stereocenters. The highest BCUT2D eigenvalue weighted by molar-refractivity contribution is 5.97. The Morgan fingerprint density at radius 2 is 1.88 bits per heavy atom. The van der Waals surface area contributed by atoms with Gasteiger partial charge in [-0.15, -0.1) is 0 Å². The summed E-state index contributed by atoms with van der Waals surface area (Å²) >= 11 is 0. The standard InChI is InChI=1S/C19H16N2O3/c20-12-16(19(24)21-13-15-5-2-1-3-6-15)8-4-7-14-9-10-17(22)18(23)11-14/h1-11,22-23H,13H2,(H,21,24). The number of allylic oxidation sites excluding steroid dienone is 2. The van der Waals surface area contributed by atoms with Crippen LogP contribution in [-0.4, -0.2) is 16.1 Å². The predicted octanol–water partition coefficient (Wildman–Crippen LogP) is 2.88. The van der Waals surface area contributed by atoms with Gasteiger partial charge in [0.15, 0.2) is 11.5 Å². The molecular weight excluding hydrogens is 304 g/mol. The number of amides is 1. The molecule has 0 radical (unpaired) electrons. The molecule has 2 aromatic carbocycles. The number of benzene rings is 2. The molecule has 24 heavy (non-hydrogen) atoms. The van der Waals surface area contributed by atoms with Crippen molar-refractivity contribution < 1.29 is 15.0 Å². The zero-order valence-electron chi connectivity index (χ0n) is 12.8. The van der Waals surface area contributed by atoms with Gasteiger partial charge in [0, 0.05) is 6.54 Å². The molecule has 0 aliphatic carbocycles. The SMILES string of the molecule is N#CC(=CC=Cc1ccc(O)c(O)c1)C(=O)NCc1ccccc1. The Kier molecular flexibility index (Phi) is 5.76. The fourth-order valence-corrected chi connectivity index (χ4v) is 1.94. The maximum Gasteiger partial charge on any atom is 0.262 e. The number of phenols is 2. The minimum atomic E-state index is -0.459. The smallest absolute Gasteiger partial charge is 0.262 e. The van der Waals surface area contributed by atoms with E-state index in [9.17, 15) is 15.0 Å². The van der Waals surface area contributed by atoms with Crippen LogP contribution in [0.25, 0.3) is 6.08 Å². The Balaban J connectivity index is 2.00. The molecule has 0 fully saturated rings. The zero-order valence-corrected chi connectivity index (χ0v) is 12.8. The molecule has 0 saturated heterocycles. The summed E-state index contributed by atoms with van der Waals surface area (Å²) < 4.78 is 0. The average Bonchev–Trinajstić information content (AvgIpc) is 2.60. The number of carbonyl (C=O) groups is 1. The summed E-state index contributed by atoms with van der Waals surface area (Å²) in [4.78, 5) is 12.0. The lowest BCUT2D eigenvalue weighted by Crippen LogP contribution is -2.23. The van der Waals surface area contributed by atoms with Crippen molar-refractivity contribution in [1.82, 2.24) is 5.32 Å². The molecule has 0 heterocycles. The first-order chi connectivity index (χ1) is 11.6. The number of aromatic hydroxyl groups is 2. The van der Waals surface area contributed by atoms with Gasteiger partial charge in [-0.05, 0) is 29.3 Å². The minimum Gasteiger partial charge on any atom is -0.504 e. The summed E-state index contributed by atoms with van der Waals surface area (Å²) in [6, 6.07) is 15.6. The molecule has 0 bridgehead atoms. The van der Waals surface area contributed by atoms with Crippen molar-refractivity contribution in [2.75, 3.05) is 0 Å². The molecule has 5 heteroatoms. The van der Waals surface area contributed by atoms with Crippen LogP contribution < -0.4 is 5.32 Å². The number of nitrogens with one attached hydrogen (secondary N) is 1. The second kappa shape index (κ2) is 8.20. The van der Waals surface area contributed by atoms with Crippen molar-refractivity contribution in [3.63, 3.8) is 0 Å². The Bertz CT molecular complexity index is 818. The van der Waals surface area contributed by atoms with Gasteiger partial charge in [0.05, 0.1) is 0 Å². The Morgan fingerprint density at radius 1 is 1.12 bits per heavy atom. The molecule has 0 aliphatic rings. The van der Waals surface area contributed by atoms with Gasteiger partial charge in [-0.25, -0.2) is 0 Å². The van der Waals surface area contributed by atoms with Crippen LogP contribution in [0.4, 0.5) is 0 Å². The van der Waals surface area contributed by atoms with Gasteiger partial charge < -0.3 is 15.5 Å². The molecule has 2 aromatic rings. The quantitative estimate of drug-likeness (QED) is 0.342. The molecule has 0 aliphatic heterocycles. The second-order valence-electron chi connectivity index (χ2n) is 4.97. The number of nitrogens with zero attached hydrogens (tertiary/aromatic N) is 1. The van der Waals surface area contributed by atoms with Crippen LogP contribution in [0.3, 0.4) is 0 Å². The van der Waals surface area contributed by atoms with E-state index in [0.29, 0.717) is 12.1 Å².